The van der Waals surface area contributed by atoms with E-state index in [4.69, 9.17) is 4.74 Å². The standard InChI is InChI=1S/C20H17BrN2O3S/c21-18-10-6-17(7-11-18)15-26-19-12-8-16(9-13-19)14-22-23-27(24,25)20-4-2-1-3-5-20/h1-14,23H,15H2/b22-14+. The molecule has 27 heavy (non-hydrogen) atoms. The van der Waals surface area contributed by atoms with Gasteiger partial charge in [0.15, 0.2) is 0 Å². The quantitative estimate of drug-likeness (QED) is 0.435. The van der Waals surface area contributed by atoms with E-state index in [-0.39, 0.29) is 4.90 Å². The molecular weight excluding hydrogens is 428 g/mol. The number of nitrogens with one attached hydrogen (secondary N) is 1. The summed E-state index contributed by atoms with van der Waals surface area (Å²) in [6, 6.07) is 23.2. The molecule has 0 saturated carbocycles. The number of sulfonamides is 1. The summed E-state index contributed by atoms with van der Waals surface area (Å²) in [5.74, 6) is 0.722. The van der Waals surface area contributed by atoms with E-state index >= 15 is 0 Å². The summed E-state index contributed by atoms with van der Waals surface area (Å²) < 4.78 is 30.9. The summed E-state index contributed by atoms with van der Waals surface area (Å²) in [4.78, 5) is 2.36. The molecule has 0 bridgehead atoms. The van der Waals surface area contributed by atoms with Gasteiger partial charge in [0.25, 0.3) is 10.0 Å². The minimum Gasteiger partial charge on any atom is -0.489 e. The van der Waals surface area contributed by atoms with Crippen LogP contribution in [0.3, 0.4) is 0 Å². The lowest BCUT2D eigenvalue weighted by Gasteiger charge is -2.06. The van der Waals surface area contributed by atoms with E-state index in [1.54, 1.807) is 30.3 Å². The van der Waals surface area contributed by atoms with Gasteiger partial charge in [-0.15, -0.1) is 0 Å². The number of benzene rings is 3. The molecule has 0 heterocycles. The van der Waals surface area contributed by atoms with E-state index in [1.807, 2.05) is 36.4 Å². The van der Waals surface area contributed by atoms with Gasteiger partial charge in [-0.2, -0.15) is 13.5 Å². The van der Waals surface area contributed by atoms with E-state index in [1.165, 1.54) is 18.3 Å². The largest absolute Gasteiger partial charge is 0.489 e. The number of hydrazone groups is 1. The highest BCUT2D eigenvalue weighted by Gasteiger charge is 2.10. The van der Waals surface area contributed by atoms with Crippen molar-refractivity contribution in [1.82, 2.24) is 4.83 Å². The predicted molar refractivity (Wildman–Crippen MR) is 109 cm³/mol. The van der Waals surface area contributed by atoms with Crippen molar-refractivity contribution in [3.63, 3.8) is 0 Å². The zero-order valence-electron chi connectivity index (χ0n) is 14.2. The first-order chi connectivity index (χ1) is 13.0. The Labute approximate surface area is 166 Å². The van der Waals surface area contributed by atoms with Crippen LogP contribution < -0.4 is 9.57 Å². The monoisotopic (exact) mass is 444 g/mol. The van der Waals surface area contributed by atoms with Crippen LogP contribution in [-0.4, -0.2) is 14.6 Å². The molecule has 0 saturated heterocycles. The molecule has 7 heteroatoms. The average molecular weight is 445 g/mol. The van der Waals surface area contributed by atoms with Crippen molar-refractivity contribution in [1.29, 1.82) is 0 Å². The van der Waals surface area contributed by atoms with Gasteiger partial charge in [-0.1, -0.05) is 46.3 Å². The van der Waals surface area contributed by atoms with E-state index in [9.17, 15) is 8.42 Å². The van der Waals surface area contributed by atoms with Gasteiger partial charge in [-0.05, 0) is 59.7 Å². The SMILES string of the molecule is O=S(=O)(N/N=C/c1ccc(OCc2ccc(Br)cc2)cc1)c1ccccc1. The zero-order valence-corrected chi connectivity index (χ0v) is 16.7. The Morgan fingerprint density at radius 2 is 1.59 bits per heavy atom. The first-order valence-corrected chi connectivity index (χ1v) is 10.4. The number of rotatable bonds is 7. The Bertz CT molecular complexity index is 1000. The Hall–Kier alpha value is -2.64. The van der Waals surface area contributed by atoms with Crippen molar-refractivity contribution in [3.8, 4) is 5.75 Å². The third-order valence-corrected chi connectivity index (χ3v) is 5.41. The van der Waals surface area contributed by atoms with Crippen molar-refractivity contribution in [3.05, 3.63) is 94.5 Å². The van der Waals surface area contributed by atoms with E-state index in [2.05, 4.69) is 25.9 Å². The zero-order chi connectivity index (χ0) is 19.1. The molecular formula is C20H17BrN2O3S. The molecule has 138 valence electrons. The summed E-state index contributed by atoms with van der Waals surface area (Å²) in [5, 5.41) is 3.81. The molecule has 3 aromatic carbocycles. The fourth-order valence-electron chi connectivity index (χ4n) is 2.22. The highest BCUT2D eigenvalue weighted by molar-refractivity contribution is 9.10. The van der Waals surface area contributed by atoms with Crippen LogP contribution in [0.5, 0.6) is 5.75 Å². The normalized spacial score (nSPS) is 11.4. The Kier molecular flexibility index (Phi) is 6.26. The Balaban J connectivity index is 1.55. The lowest BCUT2D eigenvalue weighted by Crippen LogP contribution is -2.18. The predicted octanol–water partition coefficient (Wildman–Crippen LogP) is 4.34. The van der Waals surface area contributed by atoms with E-state index in [0.29, 0.717) is 6.61 Å². The molecule has 5 nitrogen and oxygen atoms in total. The smallest absolute Gasteiger partial charge is 0.276 e. The van der Waals surface area contributed by atoms with Gasteiger partial charge in [0.05, 0.1) is 11.1 Å². The third kappa shape index (κ3) is 5.67. The second kappa shape index (κ2) is 8.83. The van der Waals surface area contributed by atoms with Crippen LogP contribution in [0, 0.1) is 0 Å². The molecule has 3 rings (SSSR count). The van der Waals surface area contributed by atoms with Gasteiger partial charge in [-0.25, -0.2) is 4.83 Å². The van der Waals surface area contributed by atoms with Crippen molar-refractivity contribution in [2.24, 2.45) is 5.10 Å². The van der Waals surface area contributed by atoms with E-state index < -0.39 is 10.0 Å². The molecule has 1 N–H and O–H groups in total. The minimum absolute atomic E-state index is 0.166. The molecule has 0 atom stereocenters. The van der Waals surface area contributed by atoms with Gasteiger partial charge < -0.3 is 4.74 Å². The lowest BCUT2D eigenvalue weighted by atomic mass is 10.2. The molecule has 0 radical (unpaired) electrons. The summed E-state index contributed by atoms with van der Waals surface area (Å²) in [7, 11) is -3.66. The van der Waals surface area contributed by atoms with Crippen LogP contribution in [0.4, 0.5) is 0 Å². The molecule has 3 aromatic rings. The van der Waals surface area contributed by atoms with Crippen LogP contribution in [0.15, 0.2) is 93.3 Å². The summed E-state index contributed by atoms with van der Waals surface area (Å²) >= 11 is 3.40. The summed E-state index contributed by atoms with van der Waals surface area (Å²) in [6.45, 7) is 0.470. The molecule has 0 spiro atoms. The first-order valence-electron chi connectivity index (χ1n) is 8.10. The number of hydrogen-bond donors (Lipinski definition) is 1. The third-order valence-electron chi connectivity index (χ3n) is 3.64. The number of halogens is 1. The van der Waals surface area contributed by atoms with Crippen LogP contribution in [0.2, 0.25) is 0 Å². The summed E-state index contributed by atoms with van der Waals surface area (Å²) in [5.41, 5.74) is 1.82. The minimum atomic E-state index is -3.66. The molecule has 0 aliphatic heterocycles. The second-order valence-electron chi connectivity index (χ2n) is 5.65. The highest BCUT2D eigenvalue weighted by atomic mass is 79.9. The first kappa shape index (κ1) is 19.1. The second-order valence-corrected chi connectivity index (χ2v) is 8.23. The maximum absolute atomic E-state index is 12.1. The van der Waals surface area contributed by atoms with Crippen molar-refractivity contribution in [2.75, 3.05) is 0 Å². The van der Waals surface area contributed by atoms with Crippen molar-refractivity contribution < 1.29 is 13.2 Å². The molecule has 0 aliphatic carbocycles. The maximum atomic E-state index is 12.1. The topological polar surface area (TPSA) is 67.8 Å². The Morgan fingerprint density at radius 3 is 2.26 bits per heavy atom. The fourth-order valence-corrected chi connectivity index (χ4v) is 3.30. The summed E-state index contributed by atoms with van der Waals surface area (Å²) in [6.07, 6.45) is 1.44. The molecule has 0 unspecified atom stereocenters. The van der Waals surface area contributed by atoms with Gasteiger partial charge in [0.1, 0.15) is 12.4 Å². The molecule has 0 aromatic heterocycles. The van der Waals surface area contributed by atoms with Gasteiger partial charge in [0, 0.05) is 4.47 Å². The van der Waals surface area contributed by atoms with Gasteiger partial charge in [-0.3, -0.25) is 0 Å². The number of nitrogens with zero attached hydrogens (tertiary/aromatic N) is 1. The van der Waals surface area contributed by atoms with Gasteiger partial charge in [0.2, 0.25) is 0 Å². The van der Waals surface area contributed by atoms with Crippen molar-refractivity contribution in [2.45, 2.75) is 11.5 Å². The number of hydrogen-bond acceptors (Lipinski definition) is 4. The van der Waals surface area contributed by atoms with Crippen LogP contribution >= 0.6 is 15.9 Å². The lowest BCUT2D eigenvalue weighted by molar-refractivity contribution is 0.306. The van der Waals surface area contributed by atoms with E-state index in [0.717, 1.165) is 21.3 Å². The number of ether oxygens (including phenoxy) is 1. The molecule has 0 fully saturated rings. The highest BCUT2D eigenvalue weighted by Crippen LogP contribution is 2.15. The Morgan fingerprint density at radius 1 is 0.926 bits per heavy atom. The van der Waals surface area contributed by atoms with Crippen LogP contribution in [0.1, 0.15) is 11.1 Å². The van der Waals surface area contributed by atoms with Crippen LogP contribution in [-0.2, 0) is 16.6 Å². The van der Waals surface area contributed by atoms with Crippen molar-refractivity contribution >= 4 is 32.2 Å². The van der Waals surface area contributed by atoms with Gasteiger partial charge >= 0.3 is 0 Å². The van der Waals surface area contributed by atoms with Crippen LogP contribution in [0.25, 0.3) is 0 Å². The average Bonchev–Trinajstić information content (AvgIpc) is 2.69. The molecule has 0 amide bonds. The maximum Gasteiger partial charge on any atom is 0.276 e. The molecule has 0 aliphatic rings. The fraction of sp³-hybridized carbons (Fsp3) is 0.0500.